The molecule has 4 nitrogen and oxygen atoms in total. The summed E-state index contributed by atoms with van der Waals surface area (Å²) in [6, 6.07) is 9.81. The third-order valence-electron chi connectivity index (χ3n) is 4.38. The maximum Gasteiger partial charge on any atom is 0.410 e. The molecule has 1 amide bonds. The van der Waals surface area contributed by atoms with Crippen molar-refractivity contribution < 1.29 is 14.3 Å². The van der Waals surface area contributed by atoms with Crippen molar-refractivity contribution in [1.29, 1.82) is 0 Å². The standard InChI is InChI=1S/C21H27NO3/c1-3-9-19-14-8-15-20(13-7-10-17(2)23)22(19)21(24)25-16-18-11-5-4-6-12-18/h3-7,9-12,19-20H,8,13-16H2,1-2H3/b9-3+,10-7+/t19-,20-/m0/s1. The maximum absolute atomic E-state index is 12.7. The number of carbonyl (C=O) groups excluding carboxylic acids is 2. The van der Waals surface area contributed by atoms with Crippen LogP contribution in [0.2, 0.25) is 0 Å². The average molecular weight is 341 g/mol. The smallest absolute Gasteiger partial charge is 0.410 e. The molecule has 0 bridgehead atoms. The fourth-order valence-electron chi connectivity index (χ4n) is 3.22. The van der Waals surface area contributed by atoms with E-state index in [0.29, 0.717) is 6.42 Å². The van der Waals surface area contributed by atoms with Crippen LogP contribution < -0.4 is 0 Å². The third-order valence-corrected chi connectivity index (χ3v) is 4.38. The van der Waals surface area contributed by atoms with Gasteiger partial charge >= 0.3 is 6.09 Å². The van der Waals surface area contributed by atoms with E-state index in [1.165, 1.54) is 6.92 Å². The van der Waals surface area contributed by atoms with Crippen LogP contribution in [0.5, 0.6) is 0 Å². The lowest BCUT2D eigenvalue weighted by Crippen LogP contribution is -2.49. The van der Waals surface area contributed by atoms with Gasteiger partial charge in [-0.15, -0.1) is 0 Å². The molecule has 2 atom stereocenters. The number of ketones is 1. The number of piperidine rings is 1. The van der Waals surface area contributed by atoms with Crippen molar-refractivity contribution in [2.45, 2.75) is 58.2 Å². The van der Waals surface area contributed by atoms with Crippen LogP contribution in [0.15, 0.2) is 54.6 Å². The van der Waals surface area contributed by atoms with Crippen LogP contribution in [-0.4, -0.2) is 28.9 Å². The molecule has 4 heteroatoms. The first-order chi connectivity index (χ1) is 12.1. The van der Waals surface area contributed by atoms with Crippen LogP contribution in [0.3, 0.4) is 0 Å². The van der Waals surface area contributed by atoms with Crippen LogP contribution in [0.4, 0.5) is 4.79 Å². The first-order valence-electron chi connectivity index (χ1n) is 8.90. The molecule has 0 saturated carbocycles. The quantitative estimate of drug-likeness (QED) is 0.558. The summed E-state index contributed by atoms with van der Waals surface area (Å²) in [6.45, 7) is 3.77. The first-order valence-corrected chi connectivity index (χ1v) is 8.90. The van der Waals surface area contributed by atoms with Gasteiger partial charge in [-0.3, -0.25) is 9.69 Å². The zero-order valence-electron chi connectivity index (χ0n) is 15.1. The minimum Gasteiger partial charge on any atom is -0.445 e. The summed E-state index contributed by atoms with van der Waals surface area (Å²) in [5.41, 5.74) is 0.975. The number of nitrogens with zero attached hydrogens (tertiary/aromatic N) is 1. The Morgan fingerprint density at radius 2 is 2.00 bits per heavy atom. The summed E-state index contributed by atoms with van der Waals surface area (Å²) < 4.78 is 5.56. The second kappa shape index (κ2) is 9.82. The monoisotopic (exact) mass is 341 g/mol. The molecule has 25 heavy (non-hydrogen) atoms. The highest BCUT2D eigenvalue weighted by Gasteiger charge is 2.33. The molecule has 0 aliphatic carbocycles. The molecule has 0 radical (unpaired) electrons. The van der Waals surface area contributed by atoms with Crippen molar-refractivity contribution in [3.05, 3.63) is 60.2 Å². The molecule has 0 spiro atoms. The van der Waals surface area contributed by atoms with Crippen LogP contribution in [0.25, 0.3) is 0 Å². The fraction of sp³-hybridized carbons (Fsp3) is 0.429. The number of benzene rings is 1. The van der Waals surface area contributed by atoms with Gasteiger partial charge in [0.05, 0.1) is 6.04 Å². The van der Waals surface area contributed by atoms with Crippen molar-refractivity contribution in [3.63, 3.8) is 0 Å². The molecular weight excluding hydrogens is 314 g/mol. The molecule has 1 fully saturated rings. The van der Waals surface area contributed by atoms with E-state index in [1.54, 1.807) is 6.08 Å². The number of ether oxygens (including phenoxy) is 1. The van der Waals surface area contributed by atoms with Crippen molar-refractivity contribution in [2.75, 3.05) is 0 Å². The molecule has 1 aromatic carbocycles. The lowest BCUT2D eigenvalue weighted by Gasteiger charge is -2.40. The van der Waals surface area contributed by atoms with E-state index in [1.807, 2.05) is 54.3 Å². The molecule has 134 valence electrons. The van der Waals surface area contributed by atoms with E-state index in [2.05, 4.69) is 6.08 Å². The van der Waals surface area contributed by atoms with Gasteiger partial charge in [-0.05, 0) is 51.2 Å². The van der Waals surface area contributed by atoms with Crippen LogP contribution in [0, 0.1) is 0 Å². The molecule has 0 aromatic heterocycles. The molecule has 1 aliphatic rings. The Morgan fingerprint density at radius 3 is 2.68 bits per heavy atom. The Hall–Kier alpha value is -2.36. The van der Waals surface area contributed by atoms with E-state index in [0.717, 1.165) is 24.8 Å². The van der Waals surface area contributed by atoms with Crippen molar-refractivity contribution >= 4 is 11.9 Å². The van der Waals surface area contributed by atoms with E-state index < -0.39 is 0 Å². The number of allylic oxidation sites excluding steroid dienone is 2. The molecule has 2 rings (SSSR count). The molecule has 1 aromatic rings. The number of amides is 1. The molecular formula is C21H27NO3. The minimum absolute atomic E-state index is 0.0269. The predicted molar refractivity (Wildman–Crippen MR) is 99.1 cm³/mol. The number of hydrogen-bond acceptors (Lipinski definition) is 3. The van der Waals surface area contributed by atoms with E-state index >= 15 is 0 Å². The van der Waals surface area contributed by atoms with Gasteiger partial charge in [0.1, 0.15) is 6.61 Å². The minimum atomic E-state index is -0.284. The second-order valence-electron chi connectivity index (χ2n) is 6.37. The van der Waals surface area contributed by atoms with Crippen LogP contribution >= 0.6 is 0 Å². The zero-order valence-corrected chi connectivity index (χ0v) is 15.1. The molecule has 1 saturated heterocycles. The number of likely N-dealkylation sites (tertiary alicyclic amines) is 1. The Balaban J connectivity index is 2.07. The Bertz CT molecular complexity index is 621. The van der Waals surface area contributed by atoms with E-state index in [9.17, 15) is 9.59 Å². The second-order valence-corrected chi connectivity index (χ2v) is 6.37. The van der Waals surface area contributed by atoms with Crippen LogP contribution in [0.1, 0.15) is 45.1 Å². The maximum atomic E-state index is 12.7. The molecule has 0 N–H and O–H groups in total. The summed E-state index contributed by atoms with van der Waals surface area (Å²) in [6.07, 6.45) is 10.8. The van der Waals surface area contributed by atoms with Crippen LogP contribution in [-0.2, 0) is 16.1 Å². The Kier molecular flexibility index (Phi) is 7.45. The van der Waals surface area contributed by atoms with Gasteiger partial charge in [0.2, 0.25) is 0 Å². The predicted octanol–water partition coefficient (Wildman–Crippen LogP) is 4.66. The Labute approximate surface area is 150 Å². The molecule has 1 aliphatic heterocycles. The summed E-state index contributed by atoms with van der Waals surface area (Å²) in [5.74, 6) is 0.0269. The molecule has 1 heterocycles. The number of rotatable bonds is 6. The fourth-order valence-corrected chi connectivity index (χ4v) is 3.22. The summed E-state index contributed by atoms with van der Waals surface area (Å²) in [7, 11) is 0. The Morgan fingerprint density at radius 1 is 1.24 bits per heavy atom. The zero-order chi connectivity index (χ0) is 18.1. The third kappa shape index (κ3) is 5.89. The van der Waals surface area contributed by atoms with Gasteiger partial charge in [-0.1, -0.05) is 48.6 Å². The van der Waals surface area contributed by atoms with Gasteiger partial charge in [-0.25, -0.2) is 4.79 Å². The lowest BCUT2D eigenvalue weighted by molar-refractivity contribution is -0.112. The highest BCUT2D eigenvalue weighted by atomic mass is 16.6. The normalized spacial score (nSPS) is 21.0. The molecule has 0 unspecified atom stereocenters. The summed E-state index contributed by atoms with van der Waals surface area (Å²) >= 11 is 0. The van der Waals surface area contributed by atoms with Crippen molar-refractivity contribution in [1.82, 2.24) is 4.90 Å². The highest BCUT2D eigenvalue weighted by molar-refractivity contribution is 5.87. The van der Waals surface area contributed by atoms with Gasteiger partial charge in [-0.2, -0.15) is 0 Å². The lowest BCUT2D eigenvalue weighted by atomic mass is 9.93. The van der Waals surface area contributed by atoms with Crippen molar-refractivity contribution in [3.8, 4) is 0 Å². The number of hydrogen-bond donors (Lipinski definition) is 0. The number of carbonyl (C=O) groups is 2. The largest absolute Gasteiger partial charge is 0.445 e. The van der Waals surface area contributed by atoms with E-state index in [4.69, 9.17) is 4.74 Å². The van der Waals surface area contributed by atoms with Gasteiger partial charge in [0.25, 0.3) is 0 Å². The summed E-state index contributed by atoms with van der Waals surface area (Å²) in [5, 5.41) is 0. The SMILES string of the molecule is C/C=C/[C@H]1CCC[C@H](C/C=C/C(C)=O)N1C(=O)OCc1ccccc1. The van der Waals surface area contributed by atoms with Crippen molar-refractivity contribution in [2.24, 2.45) is 0 Å². The topological polar surface area (TPSA) is 46.6 Å². The van der Waals surface area contributed by atoms with E-state index in [-0.39, 0.29) is 30.6 Å². The first kappa shape index (κ1) is 19.0. The van der Waals surface area contributed by atoms with Gasteiger partial charge in [0, 0.05) is 6.04 Å². The van der Waals surface area contributed by atoms with Gasteiger partial charge < -0.3 is 4.74 Å². The van der Waals surface area contributed by atoms with Gasteiger partial charge in [0.15, 0.2) is 5.78 Å². The average Bonchev–Trinajstić information content (AvgIpc) is 2.61. The highest BCUT2D eigenvalue weighted by Crippen LogP contribution is 2.27. The summed E-state index contributed by atoms with van der Waals surface area (Å²) in [4.78, 5) is 25.7.